The van der Waals surface area contributed by atoms with E-state index in [1.54, 1.807) is 0 Å². The van der Waals surface area contributed by atoms with Crippen molar-refractivity contribution in [1.82, 2.24) is 0 Å². The van der Waals surface area contributed by atoms with Crippen LogP contribution in [0.2, 0.25) is 0 Å². The fourth-order valence-corrected chi connectivity index (χ4v) is 2.73. The summed E-state index contributed by atoms with van der Waals surface area (Å²) in [6.45, 7) is 9.12. The van der Waals surface area contributed by atoms with Crippen molar-refractivity contribution in [2.24, 2.45) is 5.92 Å². The Bertz CT molecular complexity index is 491. The van der Waals surface area contributed by atoms with Crippen LogP contribution in [0.3, 0.4) is 0 Å². The standard InChI is InChI=1S/C24H40O4/c1-5-7-8-9-10-11-12-13-14-15-16-17-18-19-20-22(6-2)24(26)28-27-23(25)21(3)4/h10-11,13-14,22H,3,5-9,12,15-20H2,1-2,4H3/b11-10-,14-13-. The van der Waals surface area contributed by atoms with Crippen LogP contribution in [0.4, 0.5) is 0 Å². The Morgan fingerprint density at radius 1 is 0.857 bits per heavy atom. The highest BCUT2D eigenvalue weighted by atomic mass is 17.2. The van der Waals surface area contributed by atoms with Crippen molar-refractivity contribution in [3.63, 3.8) is 0 Å². The van der Waals surface area contributed by atoms with Crippen molar-refractivity contribution in [3.8, 4) is 0 Å². The molecule has 1 atom stereocenters. The summed E-state index contributed by atoms with van der Waals surface area (Å²) in [5.74, 6) is -1.40. The van der Waals surface area contributed by atoms with Crippen molar-refractivity contribution in [2.75, 3.05) is 0 Å². The molecule has 0 fully saturated rings. The summed E-state index contributed by atoms with van der Waals surface area (Å²) >= 11 is 0. The molecule has 28 heavy (non-hydrogen) atoms. The van der Waals surface area contributed by atoms with Crippen molar-refractivity contribution in [2.45, 2.75) is 97.8 Å². The zero-order chi connectivity index (χ0) is 21.0. The van der Waals surface area contributed by atoms with Gasteiger partial charge < -0.3 is 0 Å². The molecule has 0 aliphatic carbocycles. The maximum absolute atomic E-state index is 11.9. The van der Waals surface area contributed by atoms with Gasteiger partial charge in [0.25, 0.3) is 0 Å². The van der Waals surface area contributed by atoms with Crippen molar-refractivity contribution in [3.05, 3.63) is 36.5 Å². The zero-order valence-corrected chi connectivity index (χ0v) is 18.2. The van der Waals surface area contributed by atoms with Crippen molar-refractivity contribution < 1.29 is 19.4 Å². The SMILES string of the molecule is C=C(C)C(=O)OOC(=O)C(CC)CCCCCC/C=C\C/C=C\CCCCC. The van der Waals surface area contributed by atoms with Gasteiger partial charge in [-0.3, -0.25) is 0 Å². The summed E-state index contributed by atoms with van der Waals surface area (Å²) < 4.78 is 0. The number of carbonyl (C=O) groups is 2. The first-order chi connectivity index (χ1) is 13.5. The minimum atomic E-state index is -0.705. The lowest BCUT2D eigenvalue weighted by atomic mass is 9.98. The lowest BCUT2D eigenvalue weighted by Crippen LogP contribution is -2.19. The molecule has 0 aliphatic heterocycles. The Labute approximate surface area is 172 Å². The third kappa shape index (κ3) is 15.2. The molecule has 0 radical (unpaired) electrons. The number of hydrogen-bond donors (Lipinski definition) is 0. The van der Waals surface area contributed by atoms with E-state index in [0.717, 1.165) is 38.5 Å². The average molecular weight is 393 g/mol. The van der Waals surface area contributed by atoms with Gasteiger partial charge in [-0.25, -0.2) is 19.4 Å². The van der Waals surface area contributed by atoms with Gasteiger partial charge in [0.05, 0.1) is 5.92 Å². The highest BCUT2D eigenvalue weighted by molar-refractivity contribution is 5.87. The molecule has 4 heteroatoms. The summed E-state index contributed by atoms with van der Waals surface area (Å²) in [5.41, 5.74) is 0.206. The van der Waals surface area contributed by atoms with Gasteiger partial charge in [0, 0.05) is 5.57 Å². The van der Waals surface area contributed by atoms with E-state index in [-0.39, 0.29) is 11.5 Å². The fraction of sp³-hybridized carbons (Fsp3) is 0.667. The van der Waals surface area contributed by atoms with Crippen LogP contribution in [-0.2, 0) is 19.4 Å². The Hall–Kier alpha value is -1.84. The third-order valence-electron chi connectivity index (χ3n) is 4.63. The molecule has 0 aromatic rings. The molecular weight excluding hydrogens is 352 g/mol. The van der Waals surface area contributed by atoms with Gasteiger partial charge in [-0.2, -0.15) is 0 Å². The van der Waals surface area contributed by atoms with E-state index in [9.17, 15) is 9.59 Å². The lowest BCUT2D eigenvalue weighted by molar-refractivity contribution is -0.259. The van der Waals surface area contributed by atoms with E-state index in [0.29, 0.717) is 6.42 Å². The smallest absolute Gasteiger partial charge is 0.247 e. The minimum absolute atomic E-state index is 0.206. The highest BCUT2D eigenvalue weighted by Crippen LogP contribution is 2.17. The molecule has 0 spiro atoms. The van der Waals surface area contributed by atoms with E-state index in [2.05, 4.69) is 47.6 Å². The fourth-order valence-electron chi connectivity index (χ4n) is 2.73. The van der Waals surface area contributed by atoms with Crippen LogP contribution < -0.4 is 0 Å². The number of carbonyl (C=O) groups excluding carboxylic acids is 2. The van der Waals surface area contributed by atoms with Gasteiger partial charge in [-0.1, -0.05) is 76.8 Å². The molecule has 0 bridgehead atoms. The first-order valence-electron chi connectivity index (χ1n) is 10.9. The van der Waals surface area contributed by atoms with E-state index in [1.165, 1.54) is 39.0 Å². The average Bonchev–Trinajstić information content (AvgIpc) is 2.68. The molecule has 0 amide bonds. The number of allylic oxidation sites excluding steroid dienone is 4. The number of rotatable bonds is 16. The molecule has 0 saturated carbocycles. The quantitative estimate of drug-likeness (QED) is 0.0931. The summed E-state index contributed by atoms with van der Waals surface area (Å²) in [5, 5.41) is 0. The number of unbranched alkanes of at least 4 members (excludes halogenated alkanes) is 7. The van der Waals surface area contributed by atoms with Crippen molar-refractivity contribution in [1.29, 1.82) is 0 Å². The maximum Gasteiger partial charge on any atom is 0.381 e. The minimum Gasteiger partial charge on any atom is -0.247 e. The molecule has 0 saturated heterocycles. The van der Waals surface area contributed by atoms with Crippen LogP contribution in [0.25, 0.3) is 0 Å². The second-order valence-electron chi connectivity index (χ2n) is 7.32. The second-order valence-corrected chi connectivity index (χ2v) is 7.32. The molecule has 0 rings (SSSR count). The van der Waals surface area contributed by atoms with Gasteiger partial charge in [0.1, 0.15) is 0 Å². The predicted octanol–water partition coefficient (Wildman–Crippen LogP) is 7.01. The van der Waals surface area contributed by atoms with Gasteiger partial charge in [-0.15, -0.1) is 0 Å². The molecule has 0 aliphatic rings. The van der Waals surface area contributed by atoms with Crippen LogP contribution in [0, 0.1) is 5.92 Å². The van der Waals surface area contributed by atoms with E-state index < -0.39 is 11.9 Å². The molecule has 0 aromatic carbocycles. The Morgan fingerprint density at radius 2 is 1.46 bits per heavy atom. The van der Waals surface area contributed by atoms with Crippen LogP contribution in [-0.4, -0.2) is 11.9 Å². The van der Waals surface area contributed by atoms with Gasteiger partial charge >= 0.3 is 11.9 Å². The molecule has 1 unspecified atom stereocenters. The first-order valence-corrected chi connectivity index (χ1v) is 10.9. The maximum atomic E-state index is 11.9. The predicted molar refractivity (Wildman–Crippen MR) is 116 cm³/mol. The normalized spacial score (nSPS) is 12.4. The largest absolute Gasteiger partial charge is 0.381 e. The summed E-state index contributed by atoms with van der Waals surface area (Å²) in [7, 11) is 0. The Balaban J connectivity index is 3.68. The van der Waals surface area contributed by atoms with Crippen LogP contribution in [0.5, 0.6) is 0 Å². The van der Waals surface area contributed by atoms with E-state index in [4.69, 9.17) is 0 Å². The molecular formula is C24H40O4. The second kappa shape index (κ2) is 18.5. The van der Waals surface area contributed by atoms with Gasteiger partial charge in [0.2, 0.25) is 0 Å². The summed E-state index contributed by atoms with van der Waals surface area (Å²) in [6.07, 6.45) is 22.1. The van der Waals surface area contributed by atoms with Crippen LogP contribution in [0.15, 0.2) is 36.5 Å². The highest BCUT2D eigenvalue weighted by Gasteiger charge is 2.20. The van der Waals surface area contributed by atoms with Gasteiger partial charge in [0.15, 0.2) is 0 Å². The molecule has 0 N–H and O–H groups in total. The first kappa shape index (κ1) is 26.2. The monoisotopic (exact) mass is 392 g/mol. The zero-order valence-electron chi connectivity index (χ0n) is 18.2. The summed E-state index contributed by atoms with van der Waals surface area (Å²) in [6, 6.07) is 0. The van der Waals surface area contributed by atoms with Crippen LogP contribution >= 0.6 is 0 Å². The molecule has 4 nitrogen and oxygen atoms in total. The topological polar surface area (TPSA) is 52.6 Å². The molecule has 0 aromatic heterocycles. The Kier molecular flexibility index (Phi) is 17.3. The van der Waals surface area contributed by atoms with E-state index >= 15 is 0 Å². The molecule has 160 valence electrons. The van der Waals surface area contributed by atoms with Gasteiger partial charge in [-0.05, 0) is 51.9 Å². The molecule has 0 heterocycles. The van der Waals surface area contributed by atoms with Crippen molar-refractivity contribution >= 4 is 11.9 Å². The third-order valence-corrected chi connectivity index (χ3v) is 4.63. The van der Waals surface area contributed by atoms with Crippen LogP contribution in [0.1, 0.15) is 97.8 Å². The number of hydrogen-bond acceptors (Lipinski definition) is 4. The Morgan fingerprint density at radius 3 is 2.04 bits per heavy atom. The summed E-state index contributed by atoms with van der Waals surface area (Å²) in [4.78, 5) is 32.3. The lowest BCUT2D eigenvalue weighted by Gasteiger charge is -2.12. The van der Waals surface area contributed by atoms with E-state index in [1.807, 2.05) is 6.92 Å².